The van der Waals surface area contributed by atoms with Crippen LogP contribution in [0.1, 0.15) is 28.9 Å². The topological polar surface area (TPSA) is 57.8 Å². The van der Waals surface area contributed by atoms with Crippen LogP contribution in [0.3, 0.4) is 0 Å². The van der Waals surface area contributed by atoms with Crippen molar-refractivity contribution in [1.82, 2.24) is 15.5 Å². The Kier molecular flexibility index (Phi) is 4.62. The first-order chi connectivity index (χ1) is 11.6. The summed E-state index contributed by atoms with van der Waals surface area (Å²) in [6, 6.07) is 13.5. The fraction of sp³-hybridized carbons (Fsp3) is 0.111. The quantitative estimate of drug-likeness (QED) is 0.739. The Morgan fingerprint density at radius 1 is 1.25 bits per heavy atom. The number of amides is 1. The van der Waals surface area contributed by atoms with Gasteiger partial charge in [-0.15, -0.1) is 0 Å². The number of benzene rings is 2. The molecule has 0 saturated carbocycles. The van der Waals surface area contributed by atoms with Gasteiger partial charge in [0.25, 0.3) is 5.91 Å². The van der Waals surface area contributed by atoms with Crippen LogP contribution in [0.2, 0.25) is 5.02 Å². The highest BCUT2D eigenvalue weighted by Crippen LogP contribution is 2.23. The van der Waals surface area contributed by atoms with E-state index in [0.717, 1.165) is 11.1 Å². The maximum absolute atomic E-state index is 13.3. The van der Waals surface area contributed by atoms with Crippen LogP contribution in [-0.2, 0) is 0 Å². The Morgan fingerprint density at radius 2 is 2.00 bits per heavy atom. The normalized spacial score (nSPS) is 12.0. The summed E-state index contributed by atoms with van der Waals surface area (Å²) >= 11 is 5.80. The maximum Gasteiger partial charge on any atom is 0.255 e. The van der Waals surface area contributed by atoms with Gasteiger partial charge in [0, 0.05) is 5.56 Å². The summed E-state index contributed by atoms with van der Waals surface area (Å²) in [7, 11) is 0. The largest absolute Gasteiger partial charge is 0.345 e. The van der Waals surface area contributed by atoms with Gasteiger partial charge in [0.15, 0.2) is 0 Å². The molecule has 4 nitrogen and oxygen atoms in total. The van der Waals surface area contributed by atoms with Crippen LogP contribution in [0.5, 0.6) is 0 Å². The van der Waals surface area contributed by atoms with E-state index in [9.17, 15) is 9.18 Å². The van der Waals surface area contributed by atoms with Crippen LogP contribution >= 0.6 is 11.6 Å². The lowest BCUT2D eigenvalue weighted by Crippen LogP contribution is -2.26. The van der Waals surface area contributed by atoms with Gasteiger partial charge in [-0.25, -0.2) is 4.39 Å². The Hall–Kier alpha value is -2.66. The summed E-state index contributed by atoms with van der Waals surface area (Å²) in [6.45, 7) is 1.81. The van der Waals surface area contributed by atoms with Gasteiger partial charge in [-0.3, -0.25) is 9.89 Å². The molecule has 0 aliphatic heterocycles. The van der Waals surface area contributed by atoms with Gasteiger partial charge in [-0.1, -0.05) is 48.0 Å². The van der Waals surface area contributed by atoms with E-state index >= 15 is 0 Å². The van der Waals surface area contributed by atoms with Crippen LogP contribution < -0.4 is 5.32 Å². The number of rotatable bonds is 4. The average Bonchev–Trinajstić information content (AvgIpc) is 3.08. The predicted molar refractivity (Wildman–Crippen MR) is 91.3 cm³/mol. The fourth-order valence-electron chi connectivity index (χ4n) is 2.42. The molecule has 0 spiro atoms. The van der Waals surface area contributed by atoms with Crippen LogP contribution in [0, 0.1) is 5.82 Å². The van der Waals surface area contributed by atoms with E-state index in [1.54, 1.807) is 6.07 Å². The van der Waals surface area contributed by atoms with Crippen molar-refractivity contribution in [3.63, 3.8) is 0 Å². The van der Waals surface area contributed by atoms with Crippen molar-refractivity contribution in [2.45, 2.75) is 13.0 Å². The number of halogens is 2. The third kappa shape index (κ3) is 3.31. The Labute approximate surface area is 143 Å². The number of carbonyl (C=O) groups is 1. The average molecular weight is 344 g/mol. The molecule has 1 unspecified atom stereocenters. The molecular weight excluding hydrogens is 329 g/mol. The lowest BCUT2D eigenvalue weighted by atomic mass is 10.1. The molecular formula is C18H15ClFN3O. The van der Waals surface area contributed by atoms with E-state index in [-0.39, 0.29) is 17.0 Å². The molecule has 0 aliphatic carbocycles. The number of nitrogens with one attached hydrogen (secondary N) is 2. The fourth-order valence-corrected chi connectivity index (χ4v) is 2.61. The molecule has 24 heavy (non-hydrogen) atoms. The van der Waals surface area contributed by atoms with Crippen molar-refractivity contribution in [3.8, 4) is 11.3 Å². The van der Waals surface area contributed by atoms with Crippen molar-refractivity contribution in [3.05, 3.63) is 76.7 Å². The monoisotopic (exact) mass is 343 g/mol. The molecule has 6 heteroatoms. The number of hydrogen-bond acceptors (Lipinski definition) is 2. The molecule has 122 valence electrons. The molecule has 0 radical (unpaired) electrons. The maximum atomic E-state index is 13.3. The lowest BCUT2D eigenvalue weighted by Gasteiger charge is -2.15. The standard InChI is InChI=1S/C18H15ClFN3O/c1-11(13-7-8-16(20)15(19)9-13)22-18(24)14-10-21-23-17(14)12-5-3-2-4-6-12/h2-11H,1H3,(H,21,23)(H,22,24). The summed E-state index contributed by atoms with van der Waals surface area (Å²) < 4.78 is 13.3. The Bertz CT molecular complexity index is 864. The first-order valence-corrected chi connectivity index (χ1v) is 7.78. The summed E-state index contributed by atoms with van der Waals surface area (Å²) in [4.78, 5) is 12.6. The van der Waals surface area contributed by atoms with Gasteiger partial charge in [0.2, 0.25) is 0 Å². The highest BCUT2D eigenvalue weighted by molar-refractivity contribution is 6.30. The SMILES string of the molecule is CC(NC(=O)c1cn[nH]c1-c1ccccc1)c1ccc(F)c(Cl)c1. The van der Waals surface area contributed by atoms with Crippen LogP contribution in [0.4, 0.5) is 4.39 Å². The third-order valence-corrected chi connectivity index (χ3v) is 4.03. The zero-order chi connectivity index (χ0) is 17.1. The van der Waals surface area contributed by atoms with E-state index in [1.807, 2.05) is 37.3 Å². The van der Waals surface area contributed by atoms with Crippen molar-refractivity contribution < 1.29 is 9.18 Å². The second kappa shape index (κ2) is 6.84. The molecule has 1 atom stereocenters. The minimum atomic E-state index is -0.486. The van der Waals surface area contributed by atoms with Gasteiger partial charge >= 0.3 is 0 Å². The summed E-state index contributed by atoms with van der Waals surface area (Å²) in [5, 5.41) is 9.72. The minimum Gasteiger partial charge on any atom is -0.345 e. The molecule has 1 heterocycles. The zero-order valence-corrected chi connectivity index (χ0v) is 13.6. The number of nitrogens with zero attached hydrogens (tertiary/aromatic N) is 1. The van der Waals surface area contributed by atoms with Gasteiger partial charge in [-0.2, -0.15) is 5.10 Å². The van der Waals surface area contributed by atoms with Crippen LogP contribution in [-0.4, -0.2) is 16.1 Å². The Morgan fingerprint density at radius 3 is 2.71 bits per heavy atom. The second-order valence-electron chi connectivity index (χ2n) is 5.39. The van der Waals surface area contributed by atoms with Crippen molar-refractivity contribution >= 4 is 17.5 Å². The van der Waals surface area contributed by atoms with Crippen molar-refractivity contribution in [2.75, 3.05) is 0 Å². The summed E-state index contributed by atoms with van der Waals surface area (Å²) in [5.74, 6) is -0.754. The molecule has 3 aromatic rings. The van der Waals surface area contributed by atoms with Crippen molar-refractivity contribution in [2.24, 2.45) is 0 Å². The smallest absolute Gasteiger partial charge is 0.255 e. The molecule has 0 aliphatic rings. The van der Waals surface area contributed by atoms with E-state index in [4.69, 9.17) is 11.6 Å². The number of carbonyl (C=O) groups excluding carboxylic acids is 1. The first kappa shape index (κ1) is 16.2. The molecule has 1 aromatic heterocycles. The summed E-state index contributed by atoms with van der Waals surface area (Å²) in [6.07, 6.45) is 1.49. The van der Waals surface area contributed by atoms with E-state index < -0.39 is 5.82 Å². The van der Waals surface area contributed by atoms with Crippen LogP contribution in [0.15, 0.2) is 54.7 Å². The van der Waals surface area contributed by atoms with E-state index in [1.165, 1.54) is 18.3 Å². The Balaban J connectivity index is 1.81. The number of aromatic amines is 1. The van der Waals surface area contributed by atoms with Crippen LogP contribution in [0.25, 0.3) is 11.3 Å². The molecule has 2 N–H and O–H groups in total. The number of aromatic nitrogens is 2. The zero-order valence-electron chi connectivity index (χ0n) is 12.9. The third-order valence-electron chi connectivity index (χ3n) is 3.74. The molecule has 2 aromatic carbocycles. The van der Waals surface area contributed by atoms with E-state index in [0.29, 0.717) is 11.3 Å². The number of hydrogen-bond donors (Lipinski definition) is 2. The molecule has 3 rings (SSSR count). The highest BCUT2D eigenvalue weighted by atomic mass is 35.5. The molecule has 1 amide bonds. The van der Waals surface area contributed by atoms with Gasteiger partial charge in [0.05, 0.1) is 28.5 Å². The lowest BCUT2D eigenvalue weighted by molar-refractivity contribution is 0.0940. The highest BCUT2D eigenvalue weighted by Gasteiger charge is 2.18. The summed E-state index contributed by atoms with van der Waals surface area (Å²) in [5.41, 5.74) is 2.69. The molecule has 0 saturated heterocycles. The molecule has 0 fully saturated rings. The van der Waals surface area contributed by atoms with Gasteiger partial charge in [-0.05, 0) is 24.6 Å². The number of H-pyrrole nitrogens is 1. The van der Waals surface area contributed by atoms with Gasteiger partial charge < -0.3 is 5.32 Å². The van der Waals surface area contributed by atoms with Crippen molar-refractivity contribution in [1.29, 1.82) is 0 Å². The van der Waals surface area contributed by atoms with Gasteiger partial charge in [0.1, 0.15) is 5.82 Å². The second-order valence-corrected chi connectivity index (χ2v) is 5.80. The minimum absolute atomic E-state index is 0.0295. The molecule has 0 bridgehead atoms. The first-order valence-electron chi connectivity index (χ1n) is 7.41. The predicted octanol–water partition coefficient (Wildman–Crippen LogP) is 4.36. The van der Waals surface area contributed by atoms with E-state index in [2.05, 4.69) is 15.5 Å².